The largest absolute Gasteiger partial charge is 0.490 e. The molecule has 1 aliphatic carbocycles. The highest BCUT2D eigenvalue weighted by Gasteiger charge is 2.40. The third kappa shape index (κ3) is 5.01. The van der Waals surface area contributed by atoms with Gasteiger partial charge in [0.1, 0.15) is 0 Å². The number of benzene rings is 1. The number of hydrogen-bond donors (Lipinski definition) is 2. The molecule has 1 unspecified atom stereocenters. The molecule has 1 amide bonds. The first-order chi connectivity index (χ1) is 11.9. The zero-order valence-corrected chi connectivity index (χ0v) is 15.6. The van der Waals surface area contributed by atoms with E-state index in [1.165, 1.54) is 0 Å². The van der Waals surface area contributed by atoms with E-state index >= 15 is 0 Å². The van der Waals surface area contributed by atoms with Crippen LogP contribution in [0.1, 0.15) is 50.9 Å². The Morgan fingerprint density at radius 1 is 1.12 bits per heavy atom. The van der Waals surface area contributed by atoms with Crippen LogP contribution in [0, 0.1) is 5.92 Å². The average Bonchev–Trinajstić information content (AvgIpc) is 3.41. The van der Waals surface area contributed by atoms with Crippen LogP contribution in [-0.4, -0.2) is 43.0 Å². The highest BCUT2D eigenvalue weighted by Crippen LogP contribution is 2.40. The maximum Gasteiger partial charge on any atom is 0.251 e. The fourth-order valence-electron chi connectivity index (χ4n) is 2.73. The Morgan fingerprint density at radius 2 is 1.64 bits per heavy atom. The molecule has 1 saturated carbocycles. The standard InChI is InChI=1S/C19H29NO5/c1-5-23-15-10-13(11-16(24-6-2)17(15)25-7-3)18(21)20-12-19(4,22)14-8-9-14/h10-11,14,22H,5-9,12H2,1-4H3,(H,20,21). The Morgan fingerprint density at radius 3 is 2.08 bits per heavy atom. The summed E-state index contributed by atoms with van der Waals surface area (Å²) in [6.45, 7) is 8.98. The summed E-state index contributed by atoms with van der Waals surface area (Å²) in [5, 5.41) is 13.2. The van der Waals surface area contributed by atoms with Crippen molar-refractivity contribution in [1.29, 1.82) is 0 Å². The van der Waals surface area contributed by atoms with Gasteiger partial charge in [0.2, 0.25) is 5.75 Å². The predicted molar refractivity (Wildman–Crippen MR) is 95.6 cm³/mol. The van der Waals surface area contributed by atoms with Gasteiger partial charge < -0.3 is 24.6 Å². The molecule has 1 fully saturated rings. The van der Waals surface area contributed by atoms with Gasteiger partial charge in [-0.25, -0.2) is 0 Å². The van der Waals surface area contributed by atoms with Gasteiger partial charge in [-0.3, -0.25) is 4.79 Å². The van der Waals surface area contributed by atoms with Crippen molar-refractivity contribution in [3.05, 3.63) is 17.7 Å². The monoisotopic (exact) mass is 351 g/mol. The third-order valence-corrected chi connectivity index (χ3v) is 4.24. The lowest BCUT2D eigenvalue weighted by molar-refractivity contribution is 0.0354. The molecule has 0 bridgehead atoms. The summed E-state index contributed by atoms with van der Waals surface area (Å²) in [5.41, 5.74) is -0.450. The van der Waals surface area contributed by atoms with Crippen LogP contribution in [0.3, 0.4) is 0 Å². The van der Waals surface area contributed by atoms with Crippen molar-refractivity contribution >= 4 is 5.91 Å². The number of carbonyl (C=O) groups excluding carboxylic acids is 1. The van der Waals surface area contributed by atoms with Crippen molar-refractivity contribution in [3.63, 3.8) is 0 Å². The van der Waals surface area contributed by atoms with Crippen LogP contribution in [0.5, 0.6) is 17.2 Å². The summed E-state index contributed by atoms with van der Waals surface area (Å²) >= 11 is 0. The molecule has 1 aliphatic rings. The molecule has 0 saturated heterocycles. The SMILES string of the molecule is CCOc1cc(C(=O)NCC(C)(O)C2CC2)cc(OCC)c1OCC. The fourth-order valence-corrected chi connectivity index (χ4v) is 2.73. The lowest BCUT2D eigenvalue weighted by Gasteiger charge is -2.23. The molecular weight excluding hydrogens is 322 g/mol. The Balaban J connectivity index is 2.21. The minimum absolute atomic E-state index is 0.220. The summed E-state index contributed by atoms with van der Waals surface area (Å²) in [5.74, 6) is 1.47. The Kier molecular flexibility index (Phi) is 6.53. The topological polar surface area (TPSA) is 77.0 Å². The Hall–Kier alpha value is -1.95. The lowest BCUT2D eigenvalue weighted by atomic mass is 10.0. The van der Waals surface area contributed by atoms with E-state index in [-0.39, 0.29) is 18.4 Å². The van der Waals surface area contributed by atoms with Gasteiger partial charge in [0, 0.05) is 12.1 Å². The molecule has 140 valence electrons. The molecule has 1 aromatic rings. The molecule has 6 heteroatoms. The van der Waals surface area contributed by atoms with Crippen molar-refractivity contribution in [2.75, 3.05) is 26.4 Å². The predicted octanol–water partition coefficient (Wildman–Crippen LogP) is 2.77. The molecule has 1 atom stereocenters. The van der Waals surface area contributed by atoms with Gasteiger partial charge in [0.15, 0.2) is 11.5 Å². The number of hydrogen-bond acceptors (Lipinski definition) is 5. The molecule has 0 radical (unpaired) electrons. The van der Waals surface area contributed by atoms with Crippen LogP contribution < -0.4 is 19.5 Å². The van der Waals surface area contributed by atoms with Crippen molar-refractivity contribution in [1.82, 2.24) is 5.32 Å². The smallest absolute Gasteiger partial charge is 0.251 e. The molecule has 0 spiro atoms. The van der Waals surface area contributed by atoms with E-state index in [1.807, 2.05) is 20.8 Å². The maximum atomic E-state index is 12.5. The van der Waals surface area contributed by atoms with Crippen molar-refractivity contribution in [2.24, 2.45) is 5.92 Å². The van der Waals surface area contributed by atoms with E-state index in [1.54, 1.807) is 19.1 Å². The number of nitrogens with one attached hydrogen (secondary N) is 1. The maximum absolute atomic E-state index is 12.5. The average molecular weight is 351 g/mol. The molecule has 0 aromatic heterocycles. The highest BCUT2D eigenvalue weighted by atomic mass is 16.5. The van der Waals surface area contributed by atoms with E-state index in [9.17, 15) is 9.90 Å². The van der Waals surface area contributed by atoms with Gasteiger partial charge in [-0.15, -0.1) is 0 Å². The van der Waals surface area contributed by atoms with Crippen molar-refractivity contribution < 1.29 is 24.1 Å². The minimum atomic E-state index is -0.869. The van der Waals surface area contributed by atoms with Crippen LogP contribution in [0.4, 0.5) is 0 Å². The van der Waals surface area contributed by atoms with E-state index < -0.39 is 5.60 Å². The van der Waals surface area contributed by atoms with E-state index in [0.29, 0.717) is 42.6 Å². The summed E-state index contributed by atoms with van der Waals surface area (Å²) < 4.78 is 16.9. The molecule has 6 nitrogen and oxygen atoms in total. The number of amides is 1. The fraction of sp³-hybridized carbons (Fsp3) is 0.632. The summed E-state index contributed by atoms with van der Waals surface area (Å²) in [6.07, 6.45) is 2.02. The summed E-state index contributed by atoms with van der Waals surface area (Å²) in [4.78, 5) is 12.5. The van der Waals surface area contributed by atoms with E-state index in [2.05, 4.69) is 5.32 Å². The molecule has 25 heavy (non-hydrogen) atoms. The number of ether oxygens (including phenoxy) is 3. The normalized spacial score (nSPS) is 16.0. The second kappa shape index (κ2) is 8.43. The van der Waals surface area contributed by atoms with Crippen LogP contribution in [0.2, 0.25) is 0 Å². The quantitative estimate of drug-likeness (QED) is 0.678. The number of carbonyl (C=O) groups is 1. The first-order valence-electron chi connectivity index (χ1n) is 8.99. The molecule has 2 N–H and O–H groups in total. The van der Waals surface area contributed by atoms with Gasteiger partial charge in [-0.2, -0.15) is 0 Å². The number of rotatable bonds is 10. The minimum Gasteiger partial charge on any atom is -0.490 e. The van der Waals surface area contributed by atoms with Gasteiger partial charge in [-0.1, -0.05) is 0 Å². The highest BCUT2D eigenvalue weighted by molar-refractivity contribution is 5.95. The number of aliphatic hydroxyl groups is 1. The van der Waals surface area contributed by atoms with Gasteiger partial charge >= 0.3 is 0 Å². The van der Waals surface area contributed by atoms with Gasteiger partial charge in [0.05, 0.1) is 25.4 Å². The lowest BCUT2D eigenvalue weighted by Crippen LogP contribution is -2.42. The van der Waals surface area contributed by atoms with Gasteiger partial charge in [0.25, 0.3) is 5.91 Å². The molecule has 0 aliphatic heterocycles. The first-order valence-corrected chi connectivity index (χ1v) is 8.99. The summed E-state index contributed by atoms with van der Waals surface area (Å²) in [7, 11) is 0. The molecule has 1 aromatic carbocycles. The molecular formula is C19H29NO5. The molecule has 2 rings (SSSR count). The van der Waals surface area contributed by atoms with E-state index in [4.69, 9.17) is 14.2 Å². The van der Waals surface area contributed by atoms with E-state index in [0.717, 1.165) is 12.8 Å². The Bertz CT molecular complexity index is 568. The zero-order chi connectivity index (χ0) is 18.4. The van der Waals surface area contributed by atoms with Crippen molar-refractivity contribution in [2.45, 2.75) is 46.1 Å². The van der Waals surface area contributed by atoms with Crippen LogP contribution in [-0.2, 0) is 0 Å². The second-order valence-electron chi connectivity index (χ2n) is 6.41. The Labute approximate surface area is 149 Å². The summed E-state index contributed by atoms with van der Waals surface area (Å²) in [6, 6.07) is 3.30. The van der Waals surface area contributed by atoms with Crippen LogP contribution >= 0.6 is 0 Å². The second-order valence-corrected chi connectivity index (χ2v) is 6.41. The first kappa shape index (κ1) is 19.4. The molecule has 0 heterocycles. The zero-order valence-electron chi connectivity index (χ0n) is 15.6. The third-order valence-electron chi connectivity index (χ3n) is 4.24. The van der Waals surface area contributed by atoms with Crippen LogP contribution in [0.15, 0.2) is 12.1 Å². The van der Waals surface area contributed by atoms with Crippen molar-refractivity contribution in [3.8, 4) is 17.2 Å². The van der Waals surface area contributed by atoms with Gasteiger partial charge in [-0.05, 0) is 58.6 Å². The van der Waals surface area contributed by atoms with Crippen LogP contribution in [0.25, 0.3) is 0 Å².